The molecule has 0 bridgehead atoms. The molecule has 7 nitrogen and oxygen atoms in total. The second-order valence-corrected chi connectivity index (χ2v) is 9.92. The number of fused-ring (bicyclic) bond motifs is 1. The highest BCUT2D eigenvalue weighted by Gasteiger charge is 2.32. The average Bonchev–Trinajstić information content (AvgIpc) is 3.02. The molecule has 3 rings (SSSR count). The van der Waals surface area contributed by atoms with Crippen LogP contribution in [0.15, 0.2) is 29.1 Å². The third-order valence-electron chi connectivity index (χ3n) is 5.31. The van der Waals surface area contributed by atoms with Gasteiger partial charge in [0.2, 0.25) is 5.91 Å². The summed E-state index contributed by atoms with van der Waals surface area (Å²) in [4.78, 5) is 29.5. The lowest BCUT2D eigenvalue weighted by atomic mass is 10.1. The number of aromatic amines is 1. The Labute approximate surface area is 169 Å². The highest BCUT2D eigenvalue weighted by atomic mass is 32.2. The Morgan fingerprint density at radius 1 is 1.29 bits per heavy atom. The van der Waals surface area contributed by atoms with Gasteiger partial charge in [0.1, 0.15) is 0 Å². The van der Waals surface area contributed by atoms with Gasteiger partial charge in [-0.3, -0.25) is 14.2 Å². The van der Waals surface area contributed by atoms with E-state index < -0.39 is 9.84 Å². The van der Waals surface area contributed by atoms with Gasteiger partial charge in [0, 0.05) is 26.1 Å². The third kappa shape index (κ3) is 4.70. The fraction of sp³-hybridized carbons (Fsp3) is 0.526. The van der Waals surface area contributed by atoms with Crippen LogP contribution in [0.3, 0.4) is 0 Å². The van der Waals surface area contributed by atoms with E-state index in [0.717, 1.165) is 18.4 Å². The van der Waals surface area contributed by atoms with E-state index >= 15 is 0 Å². The Bertz CT molecular complexity index is 1090. The molecule has 1 aromatic heterocycles. The number of nitrogens with one attached hydrogen (secondary N) is 1. The SMILES string of the molecule is CN(C(=O)CCCCCn1c(=S)[nH]c2ccccc2c1=O)[C@H]1CCS(=O)(=O)C1. The Kier molecular flexibility index (Phi) is 6.34. The molecule has 0 aliphatic carbocycles. The Hall–Kier alpha value is -2.00. The van der Waals surface area contributed by atoms with E-state index in [1.54, 1.807) is 22.6 Å². The van der Waals surface area contributed by atoms with E-state index in [1.165, 1.54) is 0 Å². The number of unbranched alkanes of at least 4 members (excludes halogenated alkanes) is 2. The number of carbonyl (C=O) groups is 1. The van der Waals surface area contributed by atoms with Crippen LogP contribution in [-0.4, -0.2) is 53.4 Å². The minimum atomic E-state index is -3.00. The molecule has 1 fully saturated rings. The lowest BCUT2D eigenvalue weighted by Gasteiger charge is -2.23. The molecule has 1 aromatic carbocycles. The van der Waals surface area contributed by atoms with Crippen molar-refractivity contribution < 1.29 is 13.2 Å². The topological polar surface area (TPSA) is 92.2 Å². The molecule has 0 radical (unpaired) electrons. The number of rotatable bonds is 7. The van der Waals surface area contributed by atoms with E-state index in [1.807, 2.05) is 18.2 Å². The van der Waals surface area contributed by atoms with Crippen molar-refractivity contribution >= 4 is 38.9 Å². The van der Waals surface area contributed by atoms with Gasteiger partial charge in [-0.15, -0.1) is 0 Å². The van der Waals surface area contributed by atoms with Crippen molar-refractivity contribution in [3.63, 3.8) is 0 Å². The second-order valence-electron chi connectivity index (χ2n) is 7.30. The van der Waals surface area contributed by atoms with Crippen LogP contribution in [0.25, 0.3) is 10.9 Å². The number of H-pyrrole nitrogens is 1. The number of aromatic nitrogens is 2. The van der Waals surface area contributed by atoms with Crippen LogP contribution in [0.1, 0.15) is 32.1 Å². The third-order valence-corrected chi connectivity index (χ3v) is 7.38. The minimum absolute atomic E-state index is 0.0257. The van der Waals surface area contributed by atoms with Crippen LogP contribution in [-0.2, 0) is 21.2 Å². The number of para-hydroxylation sites is 1. The quantitative estimate of drug-likeness (QED) is 0.545. The highest BCUT2D eigenvalue weighted by molar-refractivity contribution is 7.91. The van der Waals surface area contributed by atoms with Crippen molar-refractivity contribution in [2.45, 2.75) is 44.7 Å². The standard InChI is InChI=1S/C19H25N3O4S2/c1-21(14-10-12-28(25,26)13-14)17(23)9-3-2-6-11-22-18(24)15-7-4-5-8-16(15)20-19(22)27/h4-5,7-8,14H,2-3,6,9-13H2,1H3,(H,20,27)/t14-/m0/s1. The molecule has 1 saturated heterocycles. The molecule has 0 saturated carbocycles. The first-order chi connectivity index (χ1) is 13.3. The van der Waals surface area contributed by atoms with Crippen molar-refractivity contribution in [2.75, 3.05) is 18.6 Å². The molecule has 2 heterocycles. The minimum Gasteiger partial charge on any atom is -0.342 e. The van der Waals surface area contributed by atoms with Gasteiger partial charge >= 0.3 is 0 Å². The average molecular weight is 424 g/mol. The molecule has 152 valence electrons. The molecule has 1 aliphatic heterocycles. The summed E-state index contributed by atoms with van der Waals surface area (Å²) >= 11 is 5.30. The molecule has 1 atom stereocenters. The second kappa shape index (κ2) is 8.57. The first kappa shape index (κ1) is 20.7. The summed E-state index contributed by atoms with van der Waals surface area (Å²) in [7, 11) is -1.31. The molecule has 1 aliphatic rings. The van der Waals surface area contributed by atoms with Crippen molar-refractivity contribution in [1.29, 1.82) is 0 Å². The van der Waals surface area contributed by atoms with Crippen molar-refractivity contribution in [3.8, 4) is 0 Å². The summed E-state index contributed by atoms with van der Waals surface area (Å²) in [5, 5.41) is 0.611. The van der Waals surface area contributed by atoms with Crippen molar-refractivity contribution in [2.24, 2.45) is 0 Å². The largest absolute Gasteiger partial charge is 0.342 e. The monoisotopic (exact) mass is 423 g/mol. The zero-order valence-corrected chi connectivity index (χ0v) is 17.5. The molecular formula is C19H25N3O4S2. The summed E-state index contributed by atoms with van der Waals surface area (Å²) in [5.74, 6) is 0.205. The summed E-state index contributed by atoms with van der Waals surface area (Å²) in [6.45, 7) is 0.504. The van der Waals surface area contributed by atoms with Crippen LogP contribution >= 0.6 is 12.2 Å². The summed E-state index contributed by atoms with van der Waals surface area (Å²) < 4.78 is 25.1. The van der Waals surface area contributed by atoms with Gasteiger partial charge in [-0.1, -0.05) is 18.6 Å². The normalized spacial score (nSPS) is 18.4. The number of carbonyl (C=O) groups excluding carboxylic acids is 1. The van der Waals surface area contributed by atoms with Crippen LogP contribution in [0, 0.1) is 4.77 Å². The summed E-state index contributed by atoms with van der Waals surface area (Å²) in [6.07, 6.45) is 3.13. The van der Waals surface area contributed by atoms with Gasteiger partial charge in [-0.05, 0) is 43.6 Å². The van der Waals surface area contributed by atoms with Gasteiger partial charge in [0.05, 0.1) is 22.4 Å². The number of nitrogens with zero attached hydrogens (tertiary/aromatic N) is 2. The first-order valence-corrected chi connectivity index (χ1v) is 11.7. The molecule has 1 N–H and O–H groups in total. The number of benzene rings is 1. The van der Waals surface area contributed by atoms with Crippen molar-refractivity contribution in [1.82, 2.24) is 14.5 Å². The molecular weight excluding hydrogens is 398 g/mol. The van der Waals surface area contributed by atoms with Crippen molar-refractivity contribution in [3.05, 3.63) is 39.4 Å². The lowest BCUT2D eigenvalue weighted by Crippen LogP contribution is -2.37. The molecule has 28 heavy (non-hydrogen) atoms. The molecule has 2 aromatic rings. The molecule has 0 spiro atoms. The fourth-order valence-electron chi connectivity index (χ4n) is 3.59. The maximum Gasteiger partial charge on any atom is 0.262 e. The van der Waals surface area contributed by atoms with Gasteiger partial charge in [-0.25, -0.2) is 8.42 Å². The fourth-order valence-corrected chi connectivity index (χ4v) is 5.64. The Morgan fingerprint density at radius 2 is 2.04 bits per heavy atom. The predicted molar refractivity (Wildman–Crippen MR) is 112 cm³/mol. The van der Waals surface area contributed by atoms with Crippen LogP contribution in [0.5, 0.6) is 0 Å². The number of hydrogen-bond donors (Lipinski definition) is 1. The molecule has 1 amide bonds. The number of hydrogen-bond acceptors (Lipinski definition) is 5. The van der Waals surface area contributed by atoms with Crippen LogP contribution < -0.4 is 5.56 Å². The molecule has 9 heteroatoms. The summed E-state index contributed by atoms with van der Waals surface area (Å²) in [6, 6.07) is 7.08. The zero-order valence-electron chi connectivity index (χ0n) is 15.9. The predicted octanol–water partition coefficient (Wildman–Crippen LogP) is 2.26. The van der Waals surface area contributed by atoms with E-state index in [0.29, 0.717) is 36.0 Å². The maximum atomic E-state index is 12.6. The zero-order chi connectivity index (χ0) is 20.3. The Morgan fingerprint density at radius 3 is 2.75 bits per heavy atom. The van der Waals surface area contributed by atoms with Gasteiger partial charge in [0.25, 0.3) is 5.56 Å². The van der Waals surface area contributed by atoms with E-state index in [2.05, 4.69) is 4.98 Å². The summed E-state index contributed by atoms with van der Waals surface area (Å²) in [5.41, 5.74) is 0.633. The smallest absolute Gasteiger partial charge is 0.262 e. The van der Waals surface area contributed by atoms with E-state index in [-0.39, 0.29) is 29.0 Å². The van der Waals surface area contributed by atoms with Crippen LogP contribution in [0.2, 0.25) is 0 Å². The van der Waals surface area contributed by atoms with E-state index in [4.69, 9.17) is 12.2 Å². The van der Waals surface area contributed by atoms with Gasteiger partial charge < -0.3 is 9.88 Å². The van der Waals surface area contributed by atoms with Gasteiger partial charge in [-0.2, -0.15) is 0 Å². The van der Waals surface area contributed by atoms with Crippen LogP contribution in [0.4, 0.5) is 0 Å². The lowest BCUT2D eigenvalue weighted by molar-refractivity contribution is -0.131. The van der Waals surface area contributed by atoms with Gasteiger partial charge in [0.15, 0.2) is 14.6 Å². The molecule has 0 unspecified atom stereocenters. The highest BCUT2D eigenvalue weighted by Crippen LogP contribution is 2.18. The number of amides is 1. The first-order valence-electron chi connectivity index (χ1n) is 9.46. The van der Waals surface area contributed by atoms with E-state index in [9.17, 15) is 18.0 Å². The number of sulfone groups is 1. The Balaban J connectivity index is 1.49. The maximum absolute atomic E-state index is 12.6.